The molecule has 0 aromatic heterocycles. The Labute approximate surface area is 170 Å². The van der Waals surface area contributed by atoms with E-state index in [0.29, 0.717) is 11.3 Å². The summed E-state index contributed by atoms with van der Waals surface area (Å²) in [6, 6.07) is 12.1. The number of nitrogens with one attached hydrogen (secondary N) is 1. The predicted molar refractivity (Wildman–Crippen MR) is 104 cm³/mol. The van der Waals surface area contributed by atoms with Crippen LogP contribution < -0.4 is 10.1 Å². The molecule has 154 valence electrons. The fourth-order valence-corrected chi connectivity index (χ4v) is 2.62. The van der Waals surface area contributed by atoms with Crippen LogP contribution in [0.5, 0.6) is 5.75 Å². The van der Waals surface area contributed by atoms with Crippen molar-refractivity contribution in [3.05, 3.63) is 75.5 Å². The van der Waals surface area contributed by atoms with Gasteiger partial charge in [0.2, 0.25) is 0 Å². The maximum atomic E-state index is 12.3. The van der Waals surface area contributed by atoms with Crippen LogP contribution in [0.3, 0.4) is 0 Å². The van der Waals surface area contributed by atoms with E-state index in [1.165, 1.54) is 25.3 Å². The van der Waals surface area contributed by atoms with E-state index >= 15 is 0 Å². The number of nitro groups is 1. The third-order valence-electron chi connectivity index (χ3n) is 4.22. The van der Waals surface area contributed by atoms with Gasteiger partial charge in [-0.05, 0) is 41.5 Å². The molecule has 0 saturated carbocycles. The number of esters is 1. The molecule has 0 spiro atoms. The number of benzene rings is 2. The number of nitrogens with zero attached hydrogens (tertiary/aromatic N) is 2. The van der Waals surface area contributed by atoms with Gasteiger partial charge in [-0.2, -0.15) is 0 Å². The van der Waals surface area contributed by atoms with E-state index in [-0.39, 0.29) is 18.0 Å². The van der Waals surface area contributed by atoms with Crippen molar-refractivity contribution in [3.8, 4) is 5.75 Å². The van der Waals surface area contributed by atoms with Crippen molar-refractivity contribution >= 4 is 29.7 Å². The zero-order valence-electron chi connectivity index (χ0n) is 15.9. The molecule has 1 heterocycles. The number of urea groups is 1. The Bertz CT molecular complexity index is 1010. The highest BCUT2D eigenvalue weighted by Crippen LogP contribution is 2.19. The number of hydrogen-bond acceptors (Lipinski definition) is 7. The summed E-state index contributed by atoms with van der Waals surface area (Å²) < 4.78 is 10.1. The first kappa shape index (κ1) is 20.5. The Hall–Kier alpha value is -4.21. The highest BCUT2D eigenvalue weighted by Gasteiger charge is 2.35. The molecular formula is C20H17N3O7. The molecule has 0 atom stereocenters. The van der Waals surface area contributed by atoms with Crippen molar-refractivity contribution in [3.63, 3.8) is 0 Å². The maximum absolute atomic E-state index is 12.3. The summed E-state index contributed by atoms with van der Waals surface area (Å²) in [6.07, 6.45) is 1.48. The molecule has 2 aromatic rings. The normalized spacial score (nSPS) is 14.6. The van der Waals surface area contributed by atoms with Crippen LogP contribution >= 0.6 is 0 Å². The van der Waals surface area contributed by atoms with Crippen LogP contribution in [0.2, 0.25) is 0 Å². The fourth-order valence-electron chi connectivity index (χ4n) is 2.62. The average Bonchev–Trinajstić information content (AvgIpc) is 3.00. The lowest BCUT2D eigenvalue weighted by atomic mass is 10.2. The molecule has 0 aliphatic carbocycles. The number of carbonyl (C=O) groups excluding carboxylic acids is 3. The molecule has 1 aliphatic heterocycles. The zero-order chi connectivity index (χ0) is 21.7. The third-order valence-corrected chi connectivity index (χ3v) is 4.22. The number of non-ortho nitro benzene ring substituents is 1. The molecule has 2 aromatic carbocycles. The first-order valence-electron chi connectivity index (χ1n) is 8.75. The molecule has 30 heavy (non-hydrogen) atoms. The van der Waals surface area contributed by atoms with E-state index in [2.05, 4.69) is 10.1 Å². The van der Waals surface area contributed by atoms with Gasteiger partial charge in [0.15, 0.2) is 0 Å². The van der Waals surface area contributed by atoms with E-state index in [4.69, 9.17) is 4.74 Å². The van der Waals surface area contributed by atoms with Crippen LogP contribution in [-0.4, -0.2) is 41.4 Å². The van der Waals surface area contributed by atoms with Crippen molar-refractivity contribution in [2.75, 3.05) is 13.7 Å². The van der Waals surface area contributed by atoms with Gasteiger partial charge < -0.3 is 14.8 Å². The Morgan fingerprint density at radius 3 is 2.40 bits per heavy atom. The van der Waals surface area contributed by atoms with Gasteiger partial charge in [0.05, 0.1) is 12.0 Å². The Balaban J connectivity index is 1.61. The topological polar surface area (TPSA) is 128 Å². The number of ether oxygens (including phenoxy) is 2. The highest BCUT2D eigenvalue weighted by molar-refractivity contribution is 6.15. The molecule has 1 saturated heterocycles. The van der Waals surface area contributed by atoms with E-state index in [1.54, 1.807) is 36.4 Å². The molecule has 0 unspecified atom stereocenters. The van der Waals surface area contributed by atoms with Crippen LogP contribution in [0.15, 0.2) is 54.2 Å². The highest BCUT2D eigenvalue weighted by atomic mass is 16.6. The summed E-state index contributed by atoms with van der Waals surface area (Å²) in [6.45, 7) is -0.233. The van der Waals surface area contributed by atoms with Crippen molar-refractivity contribution in [2.45, 2.75) is 6.61 Å². The summed E-state index contributed by atoms with van der Waals surface area (Å²) in [5.74, 6) is -0.761. The lowest BCUT2D eigenvalue weighted by molar-refractivity contribution is -0.384. The van der Waals surface area contributed by atoms with Crippen LogP contribution in [-0.2, 0) is 20.9 Å². The second-order valence-corrected chi connectivity index (χ2v) is 6.24. The van der Waals surface area contributed by atoms with Gasteiger partial charge in [0, 0.05) is 12.1 Å². The quantitative estimate of drug-likeness (QED) is 0.243. The van der Waals surface area contributed by atoms with Gasteiger partial charge in [0.1, 0.15) is 24.6 Å². The number of methoxy groups -OCH3 is 1. The summed E-state index contributed by atoms with van der Waals surface area (Å²) in [5, 5.41) is 13.1. The van der Waals surface area contributed by atoms with E-state index in [9.17, 15) is 24.5 Å². The third kappa shape index (κ3) is 4.79. The van der Waals surface area contributed by atoms with Crippen molar-refractivity contribution in [1.82, 2.24) is 10.2 Å². The summed E-state index contributed by atoms with van der Waals surface area (Å²) in [5.41, 5.74) is 1.47. The number of hydrogen-bond donors (Lipinski definition) is 1. The lowest BCUT2D eigenvalue weighted by Crippen LogP contribution is -2.36. The van der Waals surface area contributed by atoms with Gasteiger partial charge in [-0.15, -0.1) is 0 Å². The Kier molecular flexibility index (Phi) is 6.06. The lowest BCUT2D eigenvalue weighted by Gasteiger charge is -2.09. The monoisotopic (exact) mass is 411 g/mol. The number of nitro benzene ring substituents is 1. The van der Waals surface area contributed by atoms with Gasteiger partial charge in [0.25, 0.3) is 11.6 Å². The minimum absolute atomic E-state index is 0.00911. The van der Waals surface area contributed by atoms with Crippen molar-refractivity contribution in [1.29, 1.82) is 0 Å². The number of rotatable bonds is 7. The Morgan fingerprint density at radius 1 is 1.13 bits per heavy atom. The van der Waals surface area contributed by atoms with Crippen molar-refractivity contribution in [2.24, 2.45) is 0 Å². The van der Waals surface area contributed by atoms with Gasteiger partial charge in [-0.1, -0.05) is 12.1 Å². The molecule has 1 fully saturated rings. The average molecular weight is 411 g/mol. The maximum Gasteiger partial charge on any atom is 0.329 e. The zero-order valence-corrected chi connectivity index (χ0v) is 15.9. The smallest absolute Gasteiger partial charge is 0.329 e. The number of imide groups is 1. The van der Waals surface area contributed by atoms with E-state index in [1.807, 2.05) is 0 Å². The van der Waals surface area contributed by atoms with Crippen LogP contribution in [0.4, 0.5) is 10.5 Å². The van der Waals surface area contributed by atoms with E-state index < -0.39 is 29.4 Å². The molecule has 10 nitrogen and oxygen atoms in total. The van der Waals surface area contributed by atoms with Crippen LogP contribution in [0.1, 0.15) is 11.1 Å². The first-order valence-corrected chi connectivity index (χ1v) is 8.75. The molecule has 3 rings (SSSR count). The largest absolute Gasteiger partial charge is 0.489 e. The summed E-state index contributed by atoms with van der Waals surface area (Å²) in [7, 11) is 1.17. The minimum atomic E-state index is -0.700. The van der Waals surface area contributed by atoms with E-state index in [0.717, 1.165) is 10.5 Å². The molecule has 3 amide bonds. The second-order valence-electron chi connectivity index (χ2n) is 6.24. The Morgan fingerprint density at radius 2 is 1.80 bits per heavy atom. The molecule has 1 aliphatic rings. The van der Waals surface area contributed by atoms with Crippen LogP contribution in [0.25, 0.3) is 6.08 Å². The SMILES string of the molecule is COC(=O)CN1C(=O)NC(=Cc2ccc(OCc3ccc([N+](=O)[O-])cc3)cc2)C1=O. The fraction of sp³-hybridized carbons (Fsp3) is 0.150. The number of amides is 3. The van der Waals surface area contributed by atoms with Gasteiger partial charge in [-0.25, -0.2) is 9.69 Å². The van der Waals surface area contributed by atoms with Gasteiger partial charge in [-0.3, -0.25) is 19.7 Å². The van der Waals surface area contributed by atoms with Crippen molar-refractivity contribution < 1.29 is 28.8 Å². The van der Waals surface area contributed by atoms with Gasteiger partial charge >= 0.3 is 12.0 Å². The number of carbonyl (C=O) groups is 3. The molecule has 0 radical (unpaired) electrons. The first-order chi connectivity index (χ1) is 14.4. The molecular weight excluding hydrogens is 394 g/mol. The van der Waals surface area contributed by atoms with Crippen LogP contribution in [0, 0.1) is 10.1 Å². The standard InChI is InChI=1S/C20H17N3O7/c1-29-18(24)11-22-19(25)17(21-20(22)26)10-13-4-8-16(9-5-13)30-12-14-2-6-15(7-3-14)23(27)28/h2-10H,11-12H2,1H3,(H,21,26). The summed E-state index contributed by atoms with van der Waals surface area (Å²) in [4.78, 5) is 46.4. The second kappa shape index (κ2) is 8.86. The molecule has 0 bridgehead atoms. The molecule has 10 heteroatoms. The predicted octanol–water partition coefficient (Wildman–Crippen LogP) is 2.24. The minimum Gasteiger partial charge on any atom is -0.489 e. The molecule has 1 N–H and O–H groups in total. The summed E-state index contributed by atoms with van der Waals surface area (Å²) >= 11 is 0.